The predicted molar refractivity (Wildman–Crippen MR) is 126 cm³/mol. The second-order valence-corrected chi connectivity index (χ2v) is 10.4. The van der Waals surface area contributed by atoms with E-state index in [2.05, 4.69) is 23.4 Å². The molecule has 0 N–H and O–H groups in total. The van der Waals surface area contributed by atoms with Crippen LogP contribution in [0.3, 0.4) is 0 Å². The van der Waals surface area contributed by atoms with Crippen LogP contribution in [0, 0.1) is 11.8 Å². The average molecular weight is 437 g/mol. The molecular weight excluding hydrogens is 400 g/mol. The lowest BCUT2D eigenvalue weighted by molar-refractivity contribution is -0.121. The van der Waals surface area contributed by atoms with Crippen LogP contribution in [-0.4, -0.2) is 33.8 Å². The van der Waals surface area contributed by atoms with Crippen LogP contribution in [0.4, 0.5) is 5.95 Å². The molecule has 2 fully saturated rings. The van der Waals surface area contributed by atoms with Crippen molar-refractivity contribution >= 4 is 11.9 Å². The highest BCUT2D eigenvalue weighted by molar-refractivity contribution is 5.93. The van der Waals surface area contributed by atoms with Gasteiger partial charge in [0.1, 0.15) is 5.75 Å². The topological polar surface area (TPSA) is 60.2 Å². The summed E-state index contributed by atoms with van der Waals surface area (Å²) in [6.07, 6.45) is 11.4. The second kappa shape index (κ2) is 8.53. The molecule has 1 aromatic heterocycles. The van der Waals surface area contributed by atoms with E-state index in [0.29, 0.717) is 24.1 Å². The minimum absolute atomic E-state index is 0.00496. The second-order valence-electron chi connectivity index (χ2n) is 10.4. The van der Waals surface area contributed by atoms with E-state index in [0.717, 1.165) is 36.5 Å². The van der Waals surface area contributed by atoms with Crippen molar-refractivity contribution in [1.29, 1.82) is 0 Å². The number of benzene rings is 1. The summed E-state index contributed by atoms with van der Waals surface area (Å²) >= 11 is 0. The molecule has 6 nitrogen and oxygen atoms in total. The Morgan fingerprint density at radius 3 is 2.50 bits per heavy atom. The Kier molecular flexibility index (Phi) is 5.72. The monoisotopic (exact) mass is 436 g/mol. The molecular formula is C26H36N4O2. The molecule has 0 radical (unpaired) electrons. The summed E-state index contributed by atoms with van der Waals surface area (Å²) in [6, 6.07) is 8.19. The Labute approximate surface area is 191 Å². The molecule has 1 aromatic carbocycles. The number of amides is 1. The van der Waals surface area contributed by atoms with Crippen molar-refractivity contribution in [1.82, 2.24) is 14.8 Å². The van der Waals surface area contributed by atoms with Gasteiger partial charge in [0.15, 0.2) is 5.82 Å². The van der Waals surface area contributed by atoms with Gasteiger partial charge >= 0.3 is 0 Å². The first-order valence-corrected chi connectivity index (χ1v) is 12.5. The predicted octanol–water partition coefficient (Wildman–Crippen LogP) is 5.56. The first-order valence-electron chi connectivity index (χ1n) is 12.5. The molecule has 3 aliphatic rings. The summed E-state index contributed by atoms with van der Waals surface area (Å²) in [5, 5.41) is 5.13. The summed E-state index contributed by atoms with van der Waals surface area (Å²) in [6.45, 7) is 4.24. The van der Waals surface area contributed by atoms with Gasteiger partial charge in [0.25, 0.3) is 0 Å². The van der Waals surface area contributed by atoms with E-state index in [1.165, 1.54) is 38.5 Å². The molecule has 2 aliphatic carbocycles. The van der Waals surface area contributed by atoms with Crippen LogP contribution in [0.5, 0.6) is 5.75 Å². The van der Waals surface area contributed by atoms with E-state index in [-0.39, 0.29) is 17.5 Å². The summed E-state index contributed by atoms with van der Waals surface area (Å²) < 4.78 is 7.53. The van der Waals surface area contributed by atoms with E-state index in [1.807, 2.05) is 24.3 Å². The largest absolute Gasteiger partial charge is 0.497 e. The third-order valence-corrected chi connectivity index (χ3v) is 7.90. The van der Waals surface area contributed by atoms with Crippen molar-refractivity contribution < 1.29 is 9.53 Å². The van der Waals surface area contributed by atoms with Crippen LogP contribution < -0.4 is 9.64 Å². The van der Waals surface area contributed by atoms with Crippen LogP contribution in [0.1, 0.15) is 78.1 Å². The number of anilines is 1. The number of hydrogen-bond donors (Lipinski definition) is 0. The van der Waals surface area contributed by atoms with Gasteiger partial charge in [-0.1, -0.05) is 46.0 Å². The standard InChI is InChI=1S/C26H36N4O2/c1-18(2)17-23(31)29-22-10-6-5-9-21(22)26(15-7-4-8-16-26)30-25(29)27-24(28-30)19-11-13-20(32-3)14-12-19/h11-14,18,21-22H,4-10,15-17H2,1-3H3/t21-,22+/m1/s1. The number of carbonyl (C=O) groups is 1. The number of fused-ring (bicyclic) bond motifs is 4. The van der Waals surface area contributed by atoms with Crippen LogP contribution in [0.25, 0.3) is 11.4 Å². The number of carbonyl (C=O) groups excluding carboxylic acids is 1. The molecule has 2 aromatic rings. The fourth-order valence-corrected chi connectivity index (χ4v) is 6.46. The molecule has 5 rings (SSSR count). The van der Waals surface area contributed by atoms with Gasteiger partial charge in [0.2, 0.25) is 11.9 Å². The summed E-state index contributed by atoms with van der Waals surface area (Å²) in [4.78, 5) is 20.7. The molecule has 32 heavy (non-hydrogen) atoms. The molecule has 0 bridgehead atoms. The van der Waals surface area contributed by atoms with Crippen LogP contribution >= 0.6 is 0 Å². The SMILES string of the molecule is COc1ccc(-c2nc3n(n2)C2(CCCCC2)[C@@H]2CCCC[C@@H]2N3C(=O)CC(C)C)cc1. The lowest BCUT2D eigenvalue weighted by Gasteiger charge is -2.55. The van der Waals surface area contributed by atoms with Gasteiger partial charge in [-0.05, 0) is 55.9 Å². The molecule has 1 amide bonds. The smallest absolute Gasteiger partial charge is 0.231 e. The highest BCUT2D eigenvalue weighted by atomic mass is 16.5. The van der Waals surface area contributed by atoms with Gasteiger partial charge in [-0.25, -0.2) is 4.68 Å². The molecule has 6 heteroatoms. The number of ether oxygens (including phenoxy) is 1. The maximum atomic E-state index is 13.6. The zero-order chi connectivity index (χ0) is 22.3. The molecule has 0 unspecified atom stereocenters. The van der Waals surface area contributed by atoms with Crippen LogP contribution in [-0.2, 0) is 10.3 Å². The number of rotatable bonds is 4. The number of hydrogen-bond acceptors (Lipinski definition) is 4. The van der Waals surface area contributed by atoms with Crippen molar-refractivity contribution in [2.75, 3.05) is 12.0 Å². The van der Waals surface area contributed by atoms with Gasteiger partial charge in [-0.15, -0.1) is 5.10 Å². The van der Waals surface area contributed by atoms with Crippen molar-refractivity contribution in [2.45, 2.75) is 89.6 Å². The average Bonchev–Trinajstić information content (AvgIpc) is 3.25. The van der Waals surface area contributed by atoms with E-state index in [9.17, 15) is 4.79 Å². The third-order valence-electron chi connectivity index (χ3n) is 7.90. The Morgan fingerprint density at radius 2 is 1.81 bits per heavy atom. The zero-order valence-corrected chi connectivity index (χ0v) is 19.7. The molecule has 2 saturated carbocycles. The Morgan fingerprint density at radius 1 is 1.09 bits per heavy atom. The van der Waals surface area contributed by atoms with Gasteiger partial charge in [-0.2, -0.15) is 4.98 Å². The van der Waals surface area contributed by atoms with E-state index < -0.39 is 0 Å². The fraction of sp³-hybridized carbons (Fsp3) is 0.654. The molecule has 172 valence electrons. The Hall–Kier alpha value is -2.37. The quantitative estimate of drug-likeness (QED) is 0.629. The molecule has 1 aliphatic heterocycles. The number of methoxy groups -OCH3 is 1. The maximum Gasteiger partial charge on any atom is 0.231 e. The molecule has 1 spiro atoms. The van der Waals surface area contributed by atoms with Gasteiger partial charge < -0.3 is 4.74 Å². The first kappa shape index (κ1) is 21.5. The molecule has 2 atom stereocenters. The molecule has 2 heterocycles. The highest BCUT2D eigenvalue weighted by Gasteiger charge is 2.55. The Bertz CT molecular complexity index is 959. The summed E-state index contributed by atoms with van der Waals surface area (Å²) in [7, 11) is 1.68. The van der Waals surface area contributed by atoms with Crippen molar-refractivity contribution in [3.63, 3.8) is 0 Å². The van der Waals surface area contributed by atoms with E-state index in [4.69, 9.17) is 14.8 Å². The maximum absolute atomic E-state index is 13.6. The molecule has 0 saturated heterocycles. The summed E-state index contributed by atoms with van der Waals surface area (Å²) in [5.74, 6) is 3.33. The van der Waals surface area contributed by atoms with Gasteiger partial charge in [-0.3, -0.25) is 9.69 Å². The van der Waals surface area contributed by atoms with Crippen molar-refractivity contribution in [3.8, 4) is 17.1 Å². The minimum Gasteiger partial charge on any atom is -0.497 e. The van der Waals surface area contributed by atoms with Crippen LogP contribution in [0.15, 0.2) is 24.3 Å². The number of aromatic nitrogens is 3. The van der Waals surface area contributed by atoms with E-state index in [1.54, 1.807) is 7.11 Å². The Balaban J connectivity index is 1.65. The van der Waals surface area contributed by atoms with E-state index >= 15 is 0 Å². The number of nitrogens with zero attached hydrogens (tertiary/aromatic N) is 4. The van der Waals surface area contributed by atoms with Gasteiger partial charge in [0.05, 0.1) is 12.6 Å². The normalized spacial score (nSPS) is 24.3. The third kappa shape index (κ3) is 3.52. The highest BCUT2D eigenvalue weighted by Crippen LogP contribution is 2.53. The summed E-state index contributed by atoms with van der Waals surface area (Å²) in [5.41, 5.74) is 0.975. The lowest BCUT2D eigenvalue weighted by Crippen LogP contribution is -2.61. The van der Waals surface area contributed by atoms with Gasteiger partial charge in [0, 0.05) is 23.9 Å². The fourth-order valence-electron chi connectivity index (χ4n) is 6.46. The van der Waals surface area contributed by atoms with Crippen LogP contribution in [0.2, 0.25) is 0 Å². The minimum atomic E-state index is 0.00496. The van der Waals surface area contributed by atoms with Crippen molar-refractivity contribution in [3.05, 3.63) is 24.3 Å². The van der Waals surface area contributed by atoms with Crippen molar-refractivity contribution in [2.24, 2.45) is 11.8 Å². The zero-order valence-electron chi connectivity index (χ0n) is 19.7. The first-order chi connectivity index (χ1) is 15.5. The lowest BCUT2D eigenvalue weighted by atomic mass is 9.64.